The molecule has 3 heteroatoms. The standard InChI is InChI=1S/C8H8O3.2CH4/c9-7-3-1-6(2-4-7)5-8(10)11;;/h1-4,9H,5H2,(H,10,11);2*1H4. The smallest absolute Gasteiger partial charge is 0.307 e. The van der Waals surface area contributed by atoms with Gasteiger partial charge in [0.05, 0.1) is 6.42 Å². The lowest BCUT2D eigenvalue weighted by atomic mass is 10.1. The van der Waals surface area contributed by atoms with Gasteiger partial charge in [0.2, 0.25) is 0 Å². The molecule has 0 radical (unpaired) electrons. The average Bonchev–Trinajstić information content (AvgIpc) is 1.93. The van der Waals surface area contributed by atoms with Crippen LogP contribution in [-0.4, -0.2) is 16.2 Å². The molecule has 0 aliphatic rings. The molecule has 0 bridgehead atoms. The van der Waals surface area contributed by atoms with E-state index in [1.54, 1.807) is 12.1 Å². The van der Waals surface area contributed by atoms with Crippen molar-refractivity contribution < 1.29 is 15.0 Å². The average molecular weight is 184 g/mol. The van der Waals surface area contributed by atoms with Crippen LogP contribution in [0.1, 0.15) is 20.4 Å². The Morgan fingerprint density at radius 2 is 1.62 bits per heavy atom. The third kappa shape index (κ3) is 4.85. The van der Waals surface area contributed by atoms with Gasteiger partial charge < -0.3 is 10.2 Å². The van der Waals surface area contributed by atoms with E-state index in [1.165, 1.54) is 12.1 Å². The van der Waals surface area contributed by atoms with Crippen LogP contribution in [0, 0.1) is 0 Å². The minimum atomic E-state index is -0.865. The number of phenols is 1. The van der Waals surface area contributed by atoms with Gasteiger partial charge in [-0.2, -0.15) is 0 Å². The summed E-state index contributed by atoms with van der Waals surface area (Å²) in [7, 11) is 0. The predicted octanol–water partition coefficient (Wildman–Crippen LogP) is 2.29. The summed E-state index contributed by atoms with van der Waals surface area (Å²) in [6.45, 7) is 0. The van der Waals surface area contributed by atoms with E-state index < -0.39 is 5.97 Å². The second-order valence-corrected chi connectivity index (χ2v) is 2.24. The number of benzene rings is 1. The highest BCUT2D eigenvalue weighted by molar-refractivity contribution is 5.70. The first-order chi connectivity index (χ1) is 5.18. The molecule has 0 aliphatic heterocycles. The molecule has 0 spiro atoms. The fourth-order valence-electron chi connectivity index (χ4n) is 0.788. The maximum atomic E-state index is 10.2. The third-order valence-corrected chi connectivity index (χ3v) is 1.29. The van der Waals surface area contributed by atoms with Gasteiger partial charge in [-0.1, -0.05) is 27.0 Å². The number of carboxylic acids is 1. The Bertz CT molecular complexity index is 251. The van der Waals surface area contributed by atoms with Gasteiger partial charge in [0.25, 0.3) is 0 Å². The van der Waals surface area contributed by atoms with Crippen LogP contribution in [0.3, 0.4) is 0 Å². The number of rotatable bonds is 2. The van der Waals surface area contributed by atoms with Crippen molar-refractivity contribution in [1.82, 2.24) is 0 Å². The molecule has 0 saturated heterocycles. The van der Waals surface area contributed by atoms with Crippen molar-refractivity contribution >= 4 is 5.97 Å². The van der Waals surface area contributed by atoms with Crippen LogP contribution in [-0.2, 0) is 11.2 Å². The zero-order chi connectivity index (χ0) is 8.27. The first kappa shape index (κ1) is 14.0. The van der Waals surface area contributed by atoms with Gasteiger partial charge in [-0.15, -0.1) is 0 Å². The lowest BCUT2D eigenvalue weighted by molar-refractivity contribution is -0.136. The number of hydrogen-bond donors (Lipinski definition) is 2. The monoisotopic (exact) mass is 184 g/mol. The van der Waals surface area contributed by atoms with E-state index in [9.17, 15) is 4.79 Å². The molecule has 1 aromatic rings. The molecule has 0 aromatic heterocycles. The number of carboxylic acid groups (broad SMARTS) is 1. The summed E-state index contributed by atoms with van der Waals surface area (Å²) in [5.74, 6) is -0.713. The van der Waals surface area contributed by atoms with Gasteiger partial charge in [-0.25, -0.2) is 0 Å². The molecule has 74 valence electrons. The van der Waals surface area contributed by atoms with Gasteiger partial charge in [0.1, 0.15) is 5.75 Å². The van der Waals surface area contributed by atoms with Crippen molar-refractivity contribution in [3.8, 4) is 5.75 Å². The number of aromatic hydroxyl groups is 1. The molecule has 2 N–H and O–H groups in total. The molecule has 1 aromatic carbocycles. The Morgan fingerprint density at radius 3 is 2.00 bits per heavy atom. The maximum absolute atomic E-state index is 10.2. The molecule has 0 atom stereocenters. The van der Waals surface area contributed by atoms with Crippen LogP contribution in [0.15, 0.2) is 24.3 Å². The van der Waals surface area contributed by atoms with Crippen molar-refractivity contribution in [2.45, 2.75) is 21.3 Å². The molecule has 0 saturated carbocycles. The third-order valence-electron chi connectivity index (χ3n) is 1.29. The van der Waals surface area contributed by atoms with Gasteiger partial charge in [-0.3, -0.25) is 4.79 Å². The number of phenolic OH excluding ortho intramolecular Hbond substituents is 1. The largest absolute Gasteiger partial charge is 0.508 e. The topological polar surface area (TPSA) is 57.5 Å². The van der Waals surface area contributed by atoms with E-state index in [-0.39, 0.29) is 27.0 Å². The number of carbonyl (C=O) groups is 1. The van der Waals surface area contributed by atoms with Crippen molar-refractivity contribution in [2.75, 3.05) is 0 Å². The Labute approximate surface area is 78.7 Å². The molecule has 0 aliphatic carbocycles. The molecule has 3 nitrogen and oxygen atoms in total. The summed E-state index contributed by atoms with van der Waals surface area (Å²) in [5, 5.41) is 17.2. The van der Waals surface area contributed by atoms with Crippen LogP contribution in [0.2, 0.25) is 0 Å². The zero-order valence-corrected chi connectivity index (χ0v) is 5.82. The summed E-state index contributed by atoms with van der Waals surface area (Å²) < 4.78 is 0. The highest BCUT2D eigenvalue weighted by Gasteiger charge is 1.98. The molecule has 0 fully saturated rings. The highest BCUT2D eigenvalue weighted by atomic mass is 16.4. The van der Waals surface area contributed by atoms with Crippen LogP contribution in [0.5, 0.6) is 5.75 Å². The summed E-state index contributed by atoms with van der Waals surface area (Å²) in [5.41, 5.74) is 0.690. The van der Waals surface area contributed by atoms with E-state index >= 15 is 0 Å². The summed E-state index contributed by atoms with van der Waals surface area (Å²) in [6, 6.07) is 6.11. The van der Waals surface area contributed by atoms with Crippen LogP contribution in [0.25, 0.3) is 0 Å². The maximum Gasteiger partial charge on any atom is 0.307 e. The number of aliphatic carboxylic acids is 1. The summed E-state index contributed by atoms with van der Waals surface area (Å²) in [6.07, 6.45) is 0.000278. The normalized spacial score (nSPS) is 8.00. The zero-order valence-electron chi connectivity index (χ0n) is 5.82. The van der Waals surface area contributed by atoms with Gasteiger partial charge in [-0.05, 0) is 17.7 Å². The van der Waals surface area contributed by atoms with E-state index in [4.69, 9.17) is 10.2 Å². The van der Waals surface area contributed by atoms with Gasteiger partial charge >= 0.3 is 5.97 Å². The molecule has 0 amide bonds. The predicted molar refractivity (Wildman–Crippen MR) is 52.9 cm³/mol. The fraction of sp³-hybridized carbons (Fsp3) is 0.300. The SMILES string of the molecule is C.C.O=C(O)Cc1ccc(O)cc1. The Morgan fingerprint density at radius 1 is 1.15 bits per heavy atom. The highest BCUT2D eigenvalue weighted by Crippen LogP contribution is 2.09. The lowest BCUT2D eigenvalue weighted by Crippen LogP contribution is -1.98. The summed E-state index contributed by atoms with van der Waals surface area (Å²) in [4.78, 5) is 10.2. The minimum absolute atomic E-state index is 0. The van der Waals surface area contributed by atoms with Gasteiger partial charge in [0.15, 0.2) is 0 Å². The molecular formula is C10H16O3. The van der Waals surface area contributed by atoms with E-state index in [2.05, 4.69) is 0 Å². The van der Waals surface area contributed by atoms with Crippen molar-refractivity contribution in [1.29, 1.82) is 0 Å². The second kappa shape index (κ2) is 6.06. The first-order valence-corrected chi connectivity index (χ1v) is 3.18. The van der Waals surface area contributed by atoms with E-state index in [0.29, 0.717) is 5.56 Å². The quantitative estimate of drug-likeness (QED) is 0.741. The fourth-order valence-corrected chi connectivity index (χ4v) is 0.788. The Kier molecular flexibility index (Phi) is 6.54. The van der Waals surface area contributed by atoms with Crippen LogP contribution < -0.4 is 0 Å². The minimum Gasteiger partial charge on any atom is -0.508 e. The molecule has 1 rings (SSSR count). The number of hydrogen-bond acceptors (Lipinski definition) is 2. The van der Waals surface area contributed by atoms with Gasteiger partial charge in [0, 0.05) is 0 Å². The van der Waals surface area contributed by atoms with Crippen molar-refractivity contribution in [3.63, 3.8) is 0 Å². The lowest BCUT2D eigenvalue weighted by Gasteiger charge is -1.95. The van der Waals surface area contributed by atoms with Crippen LogP contribution in [0.4, 0.5) is 0 Å². The first-order valence-electron chi connectivity index (χ1n) is 3.18. The Hall–Kier alpha value is -1.51. The van der Waals surface area contributed by atoms with Crippen LogP contribution >= 0.6 is 0 Å². The van der Waals surface area contributed by atoms with Crippen molar-refractivity contribution in [2.24, 2.45) is 0 Å². The molecule has 13 heavy (non-hydrogen) atoms. The van der Waals surface area contributed by atoms with Crippen molar-refractivity contribution in [3.05, 3.63) is 29.8 Å². The van der Waals surface area contributed by atoms with E-state index in [1.807, 2.05) is 0 Å². The second-order valence-electron chi connectivity index (χ2n) is 2.24. The molecule has 0 unspecified atom stereocenters. The molecule has 0 heterocycles. The van der Waals surface area contributed by atoms with E-state index in [0.717, 1.165) is 0 Å². The summed E-state index contributed by atoms with van der Waals surface area (Å²) >= 11 is 0. The Balaban J connectivity index is 0. The molecular weight excluding hydrogens is 168 g/mol.